The minimum absolute atomic E-state index is 0.139. The van der Waals surface area contributed by atoms with E-state index in [2.05, 4.69) is 10.3 Å². The molecule has 1 amide bonds. The third-order valence-corrected chi connectivity index (χ3v) is 6.81. The maximum absolute atomic E-state index is 12.6. The molecule has 0 spiro atoms. The second kappa shape index (κ2) is 5.97. The van der Waals surface area contributed by atoms with Crippen LogP contribution in [0.25, 0.3) is 0 Å². The van der Waals surface area contributed by atoms with Crippen LogP contribution >= 0.6 is 22.9 Å². The Kier molecular flexibility index (Phi) is 4.68. The molecule has 6 nitrogen and oxygen atoms in total. The Bertz CT molecular complexity index is 614. The summed E-state index contributed by atoms with van der Waals surface area (Å²) >= 11 is 6.74. The predicted octanol–water partition coefficient (Wildman–Crippen LogP) is 1.39. The number of halogens is 1. The molecule has 1 aromatic heterocycles. The highest BCUT2D eigenvalue weighted by Crippen LogP contribution is 2.30. The molecule has 112 valence electrons. The summed E-state index contributed by atoms with van der Waals surface area (Å²) in [5.74, 6) is -0.147. The highest BCUT2D eigenvalue weighted by atomic mass is 35.5. The highest BCUT2D eigenvalue weighted by Gasteiger charge is 2.33. The molecular weight excluding hydrogens is 322 g/mol. The molecule has 1 aliphatic rings. The van der Waals surface area contributed by atoms with Gasteiger partial charge in [-0.15, -0.1) is 0 Å². The third-order valence-electron chi connectivity index (χ3n) is 3.09. The zero-order chi connectivity index (χ0) is 14.9. The Morgan fingerprint density at radius 1 is 1.55 bits per heavy atom. The number of hydrogen-bond acceptors (Lipinski definition) is 5. The Hall–Kier alpha value is -0.700. The van der Waals surface area contributed by atoms with Crippen LogP contribution in [0.15, 0.2) is 4.21 Å². The minimum atomic E-state index is -3.59. The molecule has 1 atom stereocenters. The van der Waals surface area contributed by atoms with Gasteiger partial charge in [0.25, 0.3) is 10.0 Å². The van der Waals surface area contributed by atoms with Crippen molar-refractivity contribution in [1.29, 1.82) is 0 Å². The molecule has 1 unspecified atom stereocenters. The Morgan fingerprint density at radius 2 is 2.25 bits per heavy atom. The lowest BCUT2D eigenvalue weighted by molar-refractivity contribution is -0.119. The molecule has 1 saturated heterocycles. The standard InChI is InChI=1S/C11H16ClN3O3S2/c1-7-10(19-11(12)13-7)20(17,18)15-5-3-4-9(6-15)14-8(2)16/h9H,3-6H2,1-2H3,(H,14,16). The maximum atomic E-state index is 12.6. The highest BCUT2D eigenvalue weighted by molar-refractivity contribution is 7.91. The first-order valence-corrected chi connectivity index (χ1v) is 8.84. The van der Waals surface area contributed by atoms with Crippen LogP contribution in [0.4, 0.5) is 0 Å². The number of rotatable bonds is 3. The summed E-state index contributed by atoms with van der Waals surface area (Å²) in [6.45, 7) is 3.80. The van der Waals surface area contributed by atoms with Crippen molar-refractivity contribution in [3.63, 3.8) is 0 Å². The first-order chi connectivity index (χ1) is 9.30. The van der Waals surface area contributed by atoms with Gasteiger partial charge in [0.2, 0.25) is 5.91 Å². The lowest BCUT2D eigenvalue weighted by atomic mass is 10.1. The Labute approximate surface area is 127 Å². The van der Waals surface area contributed by atoms with Crippen LogP contribution in [0.2, 0.25) is 4.47 Å². The molecule has 1 fully saturated rings. The van der Waals surface area contributed by atoms with Crippen LogP contribution in [0.1, 0.15) is 25.5 Å². The molecular formula is C11H16ClN3O3S2. The van der Waals surface area contributed by atoms with Gasteiger partial charge in [0.05, 0.1) is 5.69 Å². The Morgan fingerprint density at radius 3 is 2.80 bits per heavy atom. The number of piperidine rings is 1. The third kappa shape index (κ3) is 3.30. The smallest absolute Gasteiger partial charge is 0.254 e. The topological polar surface area (TPSA) is 79.4 Å². The second-order valence-electron chi connectivity index (χ2n) is 4.74. The second-order valence-corrected chi connectivity index (χ2v) is 8.46. The maximum Gasteiger partial charge on any atom is 0.254 e. The predicted molar refractivity (Wildman–Crippen MR) is 77.5 cm³/mol. The Balaban J connectivity index is 2.21. The number of thiazole rings is 1. The van der Waals surface area contributed by atoms with Crippen molar-refractivity contribution >= 4 is 38.9 Å². The van der Waals surface area contributed by atoms with E-state index >= 15 is 0 Å². The number of aryl methyl sites for hydroxylation is 1. The minimum Gasteiger partial charge on any atom is -0.352 e. The van der Waals surface area contributed by atoms with Crippen LogP contribution in [-0.2, 0) is 14.8 Å². The van der Waals surface area contributed by atoms with E-state index in [4.69, 9.17) is 11.6 Å². The van der Waals surface area contributed by atoms with Crippen LogP contribution in [0.3, 0.4) is 0 Å². The molecule has 1 N–H and O–H groups in total. The number of carbonyl (C=O) groups is 1. The van der Waals surface area contributed by atoms with Crippen LogP contribution < -0.4 is 5.32 Å². The zero-order valence-electron chi connectivity index (χ0n) is 11.2. The normalized spacial score (nSPS) is 20.9. The zero-order valence-corrected chi connectivity index (χ0v) is 13.6. The van der Waals surface area contributed by atoms with Gasteiger partial charge < -0.3 is 5.32 Å². The van der Waals surface area contributed by atoms with E-state index in [0.717, 1.165) is 24.2 Å². The van der Waals surface area contributed by atoms with Gasteiger partial charge in [0.1, 0.15) is 0 Å². The summed E-state index contributed by atoms with van der Waals surface area (Å²) in [6, 6.07) is -0.139. The van der Waals surface area contributed by atoms with Gasteiger partial charge in [-0.2, -0.15) is 4.31 Å². The van der Waals surface area contributed by atoms with E-state index < -0.39 is 10.0 Å². The van der Waals surface area contributed by atoms with Crippen molar-refractivity contribution < 1.29 is 13.2 Å². The summed E-state index contributed by atoms with van der Waals surface area (Å²) in [5, 5.41) is 2.77. The molecule has 0 aliphatic carbocycles. The number of sulfonamides is 1. The van der Waals surface area contributed by atoms with E-state index in [-0.39, 0.29) is 27.2 Å². The van der Waals surface area contributed by atoms with E-state index in [1.54, 1.807) is 6.92 Å². The summed E-state index contributed by atoms with van der Waals surface area (Å²) in [5.41, 5.74) is 0.418. The molecule has 0 aromatic carbocycles. The summed E-state index contributed by atoms with van der Waals surface area (Å²) < 4.78 is 27.0. The van der Waals surface area contributed by atoms with Crippen LogP contribution in [-0.4, -0.2) is 42.7 Å². The van der Waals surface area contributed by atoms with Crippen LogP contribution in [0, 0.1) is 6.92 Å². The molecule has 20 heavy (non-hydrogen) atoms. The molecule has 0 radical (unpaired) electrons. The average molecular weight is 338 g/mol. The lowest BCUT2D eigenvalue weighted by Gasteiger charge is -2.31. The van der Waals surface area contributed by atoms with E-state index in [1.165, 1.54) is 11.2 Å². The van der Waals surface area contributed by atoms with E-state index in [1.807, 2.05) is 0 Å². The lowest BCUT2D eigenvalue weighted by Crippen LogP contribution is -2.49. The first kappa shape index (κ1) is 15.7. The fraction of sp³-hybridized carbons (Fsp3) is 0.636. The fourth-order valence-electron chi connectivity index (χ4n) is 2.27. The van der Waals surface area contributed by atoms with Crippen molar-refractivity contribution in [3.05, 3.63) is 10.2 Å². The molecule has 9 heteroatoms. The monoisotopic (exact) mass is 337 g/mol. The number of carbonyl (C=O) groups excluding carboxylic acids is 1. The van der Waals surface area contributed by atoms with Crippen molar-refractivity contribution in [2.24, 2.45) is 0 Å². The number of hydrogen-bond donors (Lipinski definition) is 1. The molecule has 2 rings (SSSR count). The number of nitrogens with zero attached hydrogens (tertiary/aromatic N) is 2. The van der Waals surface area contributed by atoms with Crippen molar-refractivity contribution in [2.45, 2.75) is 36.9 Å². The van der Waals surface area contributed by atoms with Crippen molar-refractivity contribution in [1.82, 2.24) is 14.6 Å². The molecule has 0 bridgehead atoms. The van der Waals surface area contributed by atoms with Crippen molar-refractivity contribution in [3.8, 4) is 0 Å². The van der Waals surface area contributed by atoms with Crippen LogP contribution in [0.5, 0.6) is 0 Å². The van der Waals surface area contributed by atoms with E-state index in [9.17, 15) is 13.2 Å². The number of nitrogens with one attached hydrogen (secondary N) is 1. The summed E-state index contributed by atoms with van der Waals surface area (Å²) in [4.78, 5) is 15.0. The quantitative estimate of drug-likeness (QED) is 0.904. The number of aromatic nitrogens is 1. The molecule has 2 heterocycles. The SMILES string of the molecule is CC(=O)NC1CCCN(S(=O)(=O)c2sc(Cl)nc2C)C1. The largest absolute Gasteiger partial charge is 0.352 e. The average Bonchev–Trinajstić information content (AvgIpc) is 2.68. The van der Waals surface area contributed by atoms with Gasteiger partial charge in [0, 0.05) is 26.1 Å². The molecule has 0 saturated carbocycles. The fourth-order valence-corrected chi connectivity index (χ4v) is 5.67. The van der Waals surface area contributed by atoms with Gasteiger partial charge in [-0.05, 0) is 19.8 Å². The summed E-state index contributed by atoms with van der Waals surface area (Å²) in [7, 11) is -3.59. The van der Waals surface area contributed by atoms with Gasteiger partial charge in [0.15, 0.2) is 8.68 Å². The first-order valence-electron chi connectivity index (χ1n) is 6.21. The van der Waals surface area contributed by atoms with E-state index in [0.29, 0.717) is 12.2 Å². The molecule has 1 aliphatic heterocycles. The van der Waals surface area contributed by atoms with Gasteiger partial charge in [-0.3, -0.25) is 4.79 Å². The summed E-state index contributed by atoms with van der Waals surface area (Å²) in [6.07, 6.45) is 1.50. The number of amides is 1. The van der Waals surface area contributed by atoms with Gasteiger partial charge in [-0.25, -0.2) is 13.4 Å². The van der Waals surface area contributed by atoms with Gasteiger partial charge >= 0.3 is 0 Å². The van der Waals surface area contributed by atoms with Gasteiger partial charge in [-0.1, -0.05) is 22.9 Å². The molecule has 1 aromatic rings. The van der Waals surface area contributed by atoms with Crippen molar-refractivity contribution in [2.75, 3.05) is 13.1 Å².